The summed E-state index contributed by atoms with van der Waals surface area (Å²) in [5.74, 6) is 0.926. The van der Waals surface area contributed by atoms with Crippen LogP contribution in [0.5, 0.6) is 0 Å². The molecule has 12 heavy (non-hydrogen) atoms. The van der Waals surface area contributed by atoms with Gasteiger partial charge in [-0.25, -0.2) is 0 Å². The monoisotopic (exact) mass is 167 g/mol. The van der Waals surface area contributed by atoms with Crippen molar-refractivity contribution in [2.75, 3.05) is 19.6 Å². The molecule has 1 aliphatic rings. The predicted molar refractivity (Wildman–Crippen MR) is 54.3 cm³/mol. The fraction of sp³-hybridized carbons (Fsp3) is 0.818. The molecule has 1 atom stereocenters. The summed E-state index contributed by atoms with van der Waals surface area (Å²) in [4.78, 5) is 2.53. The zero-order valence-corrected chi connectivity index (χ0v) is 8.42. The Morgan fingerprint density at radius 1 is 1.25 bits per heavy atom. The first-order chi connectivity index (χ1) is 5.86. The largest absolute Gasteiger partial charge is 0.304 e. The molecular formula is C11H21N. The molecule has 1 rings (SSSR count). The van der Waals surface area contributed by atoms with Gasteiger partial charge in [-0.05, 0) is 38.3 Å². The van der Waals surface area contributed by atoms with Gasteiger partial charge in [-0.15, -0.1) is 0 Å². The van der Waals surface area contributed by atoms with E-state index in [1.54, 1.807) is 0 Å². The van der Waals surface area contributed by atoms with E-state index in [1.807, 2.05) is 0 Å². The molecule has 0 aliphatic heterocycles. The minimum atomic E-state index is 0.926. The summed E-state index contributed by atoms with van der Waals surface area (Å²) in [5, 5.41) is 0. The molecule has 0 radical (unpaired) electrons. The summed E-state index contributed by atoms with van der Waals surface area (Å²) in [7, 11) is 0. The molecule has 0 saturated heterocycles. The Hall–Kier alpha value is -0.300. The topological polar surface area (TPSA) is 3.24 Å². The van der Waals surface area contributed by atoms with E-state index < -0.39 is 0 Å². The lowest BCUT2D eigenvalue weighted by Gasteiger charge is -2.25. The molecule has 0 saturated carbocycles. The van der Waals surface area contributed by atoms with Crippen molar-refractivity contribution in [3.8, 4) is 0 Å². The van der Waals surface area contributed by atoms with E-state index in [-0.39, 0.29) is 0 Å². The Bertz CT molecular complexity index is 136. The number of hydrogen-bond acceptors (Lipinski definition) is 1. The summed E-state index contributed by atoms with van der Waals surface area (Å²) in [6, 6.07) is 0. The fourth-order valence-electron chi connectivity index (χ4n) is 1.87. The van der Waals surface area contributed by atoms with Crippen LogP contribution in [0.2, 0.25) is 0 Å². The van der Waals surface area contributed by atoms with Crippen LogP contribution in [0.3, 0.4) is 0 Å². The minimum absolute atomic E-state index is 0.926. The smallest absolute Gasteiger partial charge is 0.00125 e. The third-order valence-electron chi connectivity index (χ3n) is 2.79. The van der Waals surface area contributed by atoms with Gasteiger partial charge in [-0.2, -0.15) is 0 Å². The number of allylic oxidation sites excluding steroid dienone is 2. The lowest BCUT2D eigenvalue weighted by Crippen LogP contribution is -2.29. The summed E-state index contributed by atoms with van der Waals surface area (Å²) in [6.45, 7) is 8.22. The van der Waals surface area contributed by atoms with Crippen LogP contribution >= 0.6 is 0 Å². The summed E-state index contributed by atoms with van der Waals surface area (Å²) in [6.07, 6.45) is 8.66. The van der Waals surface area contributed by atoms with Crippen LogP contribution in [0.1, 0.15) is 33.1 Å². The van der Waals surface area contributed by atoms with Crippen molar-refractivity contribution in [1.82, 2.24) is 4.90 Å². The van der Waals surface area contributed by atoms with Gasteiger partial charge in [-0.3, -0.25) is 0 Å². The molecule has 0 amide bonds. The summed E-state index contributed by atoms with van der Waals surface area (Å²) in [5.41, 5.74) is 0. The van der Waals surface area contributed by atoms with E-state index in [1.165, 1.54) is 38.9 Å². The maximum atomic E-state index is 2.53. The summed E-state index contributed by atoms with van der Waals surface area (Å²) >= 11 is 0. The van der Waals surface area contributed by atoms with E-state index in [4.69, 9.17) is 0 Å². The maximum Gasteiger partial charge on any atom is 0.00125 e. The quantitative estimate of drug-likeness (QED) is 0.582. The molecule has 70 valence electrons. The third kappa shape index (κ3) is 2.98. The third-order valence-corrected chi connectivity index (χ3v) is 2.79. The van der Waals surface area contributed by atoms with Gasteiger partial charge in [0.25, 0.3) is 0 Å². The van der Waals surface area contributed by atoms with Crippen molar-refractivity contribution in [3.05, 3.63) is 12.2 Å². The SMILES string of the molecule is CCN(CC)CC1CC=CCC1. The molecule has 0 aromatic carbocycles. The van der Waals surface area contributed by atoms with Crippen molar-refractivity contribution in [2.24, 2.45) is 5.92 Å². The number of hydrogen-bond donors (Lipinski definition) is 0. The van der Waals surface area contributed by atoms with Crippen molar-refractivity contribution >= 4 is 0 Å². The van der Waals surface area contributed by atoms with Crippen molar-refractivity contribution < 1.29 is 0 Å². The molecule has 1 unspecified atom stereocenters. The highest BCUT2D eigenvalue weighted by atomic mass is 15.1. The van der Waals surface area contributed by atoms with Crippen molar-refractivity contribution in [2.45, 2.75) is 33.1 Å². The highest BCUT2D eigenvalue weighted by molar-refractivity contribution is 4.90. The molecule has 0 aromatic rings. The normalized spacial score (nSPS) is 23.4. The summed E-state index contributed by atoms with van der Waals surface area (Å²) < 4.78 is 0. The second-order valence-corrected chi connectivity index (χ2v) is 3.64. The van der Waals surface area contributed by atoms with Crippen LogP contribution in [-0.2, 0) is 0 Å². The van der Waals surface area contributed by atoms with E-state index >= 15 is 0 Å². The molecule has 1 aliphatic carbocycles. The molecular weight excluding hydrogens is 146 g/mol. The zero-order chi connectivity index (χ0) is 8.81. The molecule has 1 nitrogen and oxygen atoms in total. The van der Waals surface area contributed by atoms with Gasteiger partial charge in [0.15, 0.2) is 0 Å². The lowest BCUT2D eigenvalue weighted by molar-refractivity contribution is 0.243. The van der Waals surface area contributed by atoms with Crippen LogP contribution < -0.4 is 0 Å². The molecule has 0 spiro atoms. The van der Waals surface area contributed by atoms with Crippen LogP contribution in [0, 0.1) is 5.92 Å². The second kappa shape index (κ2) is 5.36. The first-order valence-corrected chi connectivity index (χ1v) is 5.24. The number of nitrogens with zero attached hydrogens (tertiary/aromatic N) is 1. The van der Waals surface area contributed by atoms with Gasteiger partial charge in [0.2, 0.25) is 0 Å². The zero-order valence-electron chi connectivity index (χ0n) is 8.42. The van der Waals surface area contributed by atoms with Crippen molar-refractivity contribution in [1.29, 1.82) is 0 Å². The first kappa shape index (κ1) is 9.79. The van der Waals surface area contributed by atoms with Gasteiger partial charge in [0, 0.05) is 6.54 Å². The van der Waals surface area contributed by atoms with Crippen molar-refractivity contribution in [3.63, 3.8) is 0 Å². The lowest BCUT2D eigenvalue weighted by atomic mass is 9.94. The van der Waals surface area contributed by atoms with Crippen LogP contribution in [-0.4, -0.2) is 24.5 Å². The van der Waals surface area contributed by atoms with Gasteiger partial charge in [0.1, 0.15) is 0 Å². The predicted octanol–water partition coefficient (Wildman–Crippen LogP) is 2.68. The van der Waals surface area contributed by atoms with Gasteiger partial charge in [0.05, 0.1) is 0 Å². The molecule has 0 heterocycles. The fourth-order valence-corrected chi connectivity index (χ4v) is 1.87. The average molecular weight is 167 g/mol. The second-order valence-electron chi connectivity index (χ2n) is 3.64. The molecule has 0 fully saturated rings. The first-order valence-electron chi connectivity index (χ1n) is 5.24. The minimum Gasteiger partial charge on any atom is -0.304 e. The highest BCUT2D eigenvalue weighted by Crippen LogP contribution is 2.18. The Morgan fingerprint density at radius 3 is 2.50 bits per heavy atom. The highest BCUT2D eigenvalue weighted by Gasteiger charge is 2.12. The van der Waals surface area contributed by atoms with Gasteiger partial charge < -0.3 is 4.90 Å². The number of rotatable bonds is 4. The molecule has 0 bridgehead atoms. The van der Waals surface area contributed by atoms with Crippen LogP contribution in [0.4, 0.5) is 0 Å². The van der Waals surface area contributed by atoms with Crippen LogP contribution in [0.25, 0.3) is 0 Å². The Labute approximate surface area is 76.5 Å². The Kier molecular flexibility index (Phi) is 4.37. The van der Waals surface area contributed by atoms with E-state index in [9.17, 15) is 0 Å². The average Bonchev–Trinajstić information content (AvgIpc) is 2.16. The Balaban J connectivity index is 2.24. The molecule has 0 aromatic heterocycles. The van der Waals surface area contributed by atoms with E-state index in [0.29, 0.717) is 0 Å². The molecule has 1 heteroatoms. The Morgan fingerprint density at radius 2 is 2.00 bits per heavy atom. The van der Waals surface area contributed by atoms with Gasteiger partial charge >= 0.3 is 0 Å². The van der Waals surface area contributed by atoms with Gasteiger partial charge in [-0.1, -0.05) is 26.0 Å². The van der Waals surface area contributed by atoms with E-state index in [0.717, 1.165) is 5.92 Å². The maximum absolute atomic E-state index is 2.53. The standard InChI is InChI=1S/C11H21N/c1-3-12(4-2)10-11-8-6-5-7-9-11/h5-6,11H,3-4,7-10H2,1-2H3. The van der Waals surface area contributed by atoms with E-state index in [2.05, 4.69) is 30.9 Å². The molecule has 0 N–H and O–H groups in total. The van der Waals surface area contributed by atoms with Crippen LogP contribution in [0.15, 0.2) is 12.2 Å².